The van der Waals surface area contributed by atoms with Crippen LogP contribution in [0.15, 0.2) is 71.1 Å². The smallest absolute Gasteiger partial charge is 0.191 e. The molecule has 0 radical (unpaired) electrons. The van der Waals surface area contributed by atoms with Crippen molar-refractivity contribution >= 4 is 39.8 Å². The Hall–Kier alpha value is -2.07. The standard InChI is InChI=1S/C21H27N3O3S.HI/c1-4-15-27-20-8-6-5-7-18(20)16-24-21(22-2)23-14-13-17-9-11-19(12-10-17)28(3,25)26;/h4-12H,1,13-16H2,2-3H3,(H2,22,23,24);1H. The van der Waals surface area contributed by atoms with Crippen molar-refractivity contribution in [1.29, 1.82) is 0 Å². The fourth-order valence-electron chi connectivity index (χ4n) is 2.57. The van der Waals surface area contributed by atoms with Crippen LogP contribution in [0.3, 0.4) is 0 Å². The van der Waals surface area contributed by atoms with E-state index in [4.69, 9.17) is 4.74 Å². The van der Waals surface area contributed by atoms with Gasteiger partial charge in [0.05, 0.1) is 4.90 Å². The van der Waals surface area contributed by atoms with Gasteiger partial charge in [0.15, 0.2) is 15.8 Å². The summed E-state index contributed by atoms with van der Waals surface area (Å²) in [6.45, 7) is 5.38. The summed E-state index contributed by atoms with van der Waals surface area (Å²) in [5, 5.41) is 6.53. The highest BCUT2D eigenvalue weighted by Crippen LogP contribution is 2.17. The van der Waals surface area contributed by atoms with Crippen LogP contribution in [-0.4, -0.2) is 40.8 Å². The Labute approximate surface area is 190 Å². The predicted molar refractivity (Wildman–Crippen MR) is 129 cm³/mol. The van der Waals surface area contributed by atoms with Crippen LogP contribution in [0.4, 0.5) is 0 Å². The Morgan fingerprint density at radius 1 is 1.14 bits per heavy atom. The molecule has 8 heteroatoms. The predicted octanol–water partition coefficient (Wildman–Crippen LogP) is 3.18. The Morgan fingerprint density at radius 2 is 1.83 bits per heavy atom. The van der Waals surface area contributed by atoms with Gasteiger partial charge in [-0.25, -0.2) is 8.42 Å². The Morgan fingerprint density at radius 3 is 2.45 bits per heavy atom. The van der Waals surface area contributed by atoms with Crippen molar-refractivity contribution in [2.24, 2.45) is 4.99 Å². The van der Waals surface area contributed by atoms with Crippen LogP contribution in [0.25, 0.3) is 0 Å². The number of hydrogen-bond acceptors (Lipinski definition) is 4. The molecule has 0 aliphatic carbocycles. The third-order valence-electron chi connectivity index (χ3n) is 4.06. The van der Waals surface area contributed by atoms with E-state index in [1.165, 1.54) is 6.26 Å². The van der Waals surface area contributed by atoms with Crippen molar-refractivity contribution in [3.8, 4) is 5.75 Å². The number of sulfone groups is 1. The first-order valence-corrected chi connectivity index (χ1v) is 10.9. The molecule has 6 nitrogen and oxygen atoms in total. The monoisotopic (exact) mass is 529 g/mol. The van der Waals surface area contributed by atoms with Gasteiger partial charge in [-0.2, -0.15) is 0 Å². The molecule has 0 saturated carbocycles. The molecule has 0 aliphatic rings. The second kappa shape index (κ2) is 12.5. The maximum Gasteiger partial charge on any atom is 0.191 e. The van der Waals surface area contributed by atoms with E-state index in [1.807, 2.05) is 36.4 Å². The number of rotatable bonds is 9. The third-order valence-corrected chi connectivity index (χ3v) is 5.19. The first kappa shape index (κ1) is 25.0. The minimum absolute atomic E-state index is 0. The van der Waals surface area contributed by atoms with Gasteiger partial charge in [0, 0.05) is 32.0 Å². The van der Waals surface area contributed by atoms with Gasteiger partial charge in [-0.1, -0.05) is 43.0 Å². The lowest BCUT2D eigenvalue weighted by molar-refractivity contribution is 0.358. The lowest BCUT2D eigenvalue weighted by Gasteiger charge is -2.14. The van der Waals surface area contributed by atoms with E-state index in [-0.39, 0.29) is 24.0 Å². The van der Waals surface area contributed by atoms with Crippen molar-refractivity contribution in [3.63, 3.8) is 0 Å². The van der Waals surface area contributed by atoms with Gasteiger partial charge in [0.2, 0.25) is 0 Å². The summed E-state index contributed by atoms with van der Waals surface area (Å²) >= 11 is 0. The zero-order valence-corrected chi connectivity index (χ0v) is 19.9. The minimum atomic E-state index is -3.16. The summed E-state index contributed by atoms with van der Waals surface area (Å²) in [6.07, 6.45) is 3.68. The topological polar surface area (TPSA) is 79.8 Å². The highest BCUT2D eigenvalue weighted by molar-refractivity contribution is 14.0. The van der Waals surface area contributed by atoms with Crippen LogP contribution in [0.2, 0.25) is 0 Å². The molecule has 0 aliphatic heterocycles. The first-order chi connectivity index (χ1) is 13.4. The number of nitrogens with zero attached hydrogens (tertiary/aromatic N) is 1. The maximum absolute atomic E-state index is 11.5. The second-order valence-corrected chi connectivity index (χ2v) is 8.24. The van der Waals surface area contributed by atoms with Gasteiger partial charge in [-0.3, -0.25) is 4.99 Å². The lowest BCUT2D eigenvalue weighted by Crippen LogP contribution is -2.37. The van der Waals surface area contributed by atoms with Crippen LogP contribution >= 0.6 is 24.0 Å². The zero-order chi connectivity index (χ0) is 20.4. The van der Waals surface area contributed by atoms with E-state index in [0.717, 1.165) is 23.3 Å². The van der Waals surface area contributed by atoms with Crippen molar-refractivity contribution in [2.75, 3.05) is 26.5 Å². The van der Waals surface area contributed by atoms with Gasteiger partial charge < -0.3 is 15.4 Å². The summed E-state index contributed by atoms with van der Waals surface area (Å²) < 4.78 is 28.7. The van der Waals surface area contributed by atoms with Crippen molar-refractivity contribution in [3.05, 3.63) is 72.3 Å². The number of para-hydroxylation sites is 1. The lowest BCUT2D eigenvalue weighted by atomic mass is 10.1. The molecule has 2 N–H and O–H groups in total. The van der Waals surface area contributed by atoms with Gasteiger partial charge in [-0.05, 0) is 30.2 Å². The van der Waals surface area contributed by atoms with E-state index in [9.17, 15) is 8.42 Å². The molecule has 2 rings (SSSR count). The Balaban J connectivity index is 0.00000420. The van der Waals surface area contributed by atoms with Crippen LogP contribution < -0.4 is 15.4 Å². The van der Waals surface area contributed by atoms with Gasteiger partial charge in [0.1, 0.15) is 12.4 Å². The average molecular weight is 529 g/mol. The molecule has 0 bridgehead atoms. The fourth-order valence-corrected chi connectivity index (χ4v) is 3.20. The largest absolute Gasteiger partial charge is 0.489 e. The number of halogens is 1. The number of hydrogen-bond donors (Lipinski definition) is 2. The summed E-state index contributed by atoms with van der Waals surface area (Å²) in [5.41, 5.74) is 2.09. The van der Waals surface area contributed by atoms with Crippen molar-refractivity contribution in [1.82, 2.24) is 10.6 Å². The maximum atomic E-state index is 11.5. The Bertz CT molecular complexity index is 913. The van der Waals surface area contributed by atoms with Crippen molar-refractivity contribution in [2.45, 2.75) is 17.9 Å². The summed E-state index contributed by atoms with van der Waals surface area (Å²) in [5.74, 6) is 1.50. The summed E-state index contributed by atoms with van der Waals surface area (Å²) in [7, 11) is -1.44. The van der Waals surface area contributed by atoms with E-state index < -0.39 is 9.84 Å². The molecule has 29 heavy (non-hydrogen) atoms. The van der Waals surface area contributed by atoms with E-state index in [2.05, 4.69) is 22.2 Å². The highest BCUT2D eigenvalue weighted by Gasteiger charge is 2.07. The molecular weight excluding hydrogens is 501 g/mol. The van der Waals surface area contributed by atoms with Crippen molar-refractivity contribution < 1.29 is 13.2 Å². The molecular formula is C21H28IN3O3S. The van der Waals surface area contributed by atoms with Gasteiger partial charge >= 0.3 is 0 Å². The average Bonchev–Trinajstić information content (AvgIpc) is 2.69. The van der Waals surface area contributed by atoms with Crippen LogP contribution in [0.5, 0.6) is 5.75 Å². The minimum Gasteiger partial charge on any atom is -0.489 e. The third kappa shape index (κ3) is 8.45. The zero-order valence-electron chi connectivity index (χ0n) is 16.7. The quantitative estimate of drug-likeness (QED) is 0.226. The molecule has 2 aromatic rings. The molecule has 0 unspecified atom stereocenters. The molecule has 0 heterocycles. The molecule has 0 amide bonds. The van der Waals surface area contributed by atoms with E-state index in [0.29, 0.717) is 30.6 Å². The van der Waals surface area contributed by atoms with Gasteiger partial charge in [0.25, 0.3) is 0 Å². The Kier molecular flexibility index (Phi) is 10.7. The number of ether oxygens (including phenoxy) is 1. The number of guanidine groups is 1. The summed E-state index contributed by atoms with van der Waals surface area (Å²) in [4.78, 5) is 4.56. The first-order valence-electron chi connectivity index (χ1n) is 8.99. The molecule has 0 aromatic heterocycles. The van der Waals surface area contributed by atoms with E-state index in [1.54, 1.807) is 25.3 Å². The number of benzene rings is 2. The molecule has 0 saturated heterocycles. The van der Waals surface area contributed by atoms with Crippen LogP contribution in [-0.2, 0) is 22.8 Å². The van der Waals surface area contributed by atoms with Crippen LogP contribution in [0.1, 0.15) is 11.1 Å². The molecule has 158 valence electrons. The van der Waals surface area contributed by atoms with Gasteiger partial charge in [-0.15, -0.1) is 24.0 Å². The number of aliphatic imine (C=N–C) groups is 1. The second-order valence-electron chi connectivity index (χ2n) is 6.23. The van der Waals surface area contributed by atoms with Crippen LogP contribution in [0, 0.1) is 0 Å². The summed E-state index contributed by atoms with van der Waals surface area (Å²) in [6, 6.07) is 14.8. The number of nitrogens with one attached hydrogen (secondary N) is 2. The molecule has 0 spiro atoms. The molecule has 0 fully saturated rings. The SMILES string of the molecule is C=CCOc1ccccc1CNC(=NC)NCCc1ccc(S(C)(=O)=O)cc1.I. The molecule has 0 atom stereocenters. The fraction of sp³-hybridized carbons (Fsp3) is 0.286. The molecule has 2 aromatic carbocycles. The van der Waals surface area contributed by atoms with E-state index >= 15 is 0 Å². The highest BCUT2D eigenvalue weighted by atomic mass is 127. The normalized spacial score (nSPS) is 11.3.